The molecule has 0 heterocycles. The minimum Gasteiger partial charge on any atom is -0.204 e. The third-order valence-corrected chi connectivity index (χ3v) is 14.3. The fourth-order valence-corrected chi connectivity index (χ4v) is 12.2. The van der Waals surface area contributed by atoms with Gasteiger partial charge in [-0.1, -0.05) is 77.3 Å². The molecular weight excluding hydrogens is 784 g/mol. The van der Waals surface area contributed by atoms with Crippen LogP contribution in [0, 0.1) is 99.7 Å². The van der Waals surface area contributed by atoms with Crippen LogP contribution in [0.1, 0.15) is 57.3 Å². The standard InChI is InChI=1S/C46H36BF10P/c1-21-16-23(3)44(24(4)17-21)58(45-25(5)18-22(2)19-26(45)6)46-29-15-11-10-14-28(29)30(27-12-8-7-9-13-27)20-31(46)47(32-34(48)38(52)42(56)39(53)35(32)49)33-36(50)40(54)43(57)41(55)37(33)51/h7-9,12-13,16-20H,10-11,14-15H2,1-6H3. The molecule has 0 spiro atoms. The molecule has 0 saturated heterocycles. The third kappa shape index (κ3) is 6.73. The van der Waals surface area contributed by atoms with Gasteiger partial charge in [0.05, 0.1) is 0 Å². The van der Waals surface area contributed by atoms with Crippen LogP contribution in [0.4, 0.5) is 43.9 Å². The van der Waals surface area contributed by atoms with Crippen molar-refractivity contribution in [3.05, 3.63) is 163 Å². The van der Waals surface area contributed by atoms with E-state index < -0.39 is 83.7 Å². The van der Waals surface area contributed by atoms with Gasteiger partial charge in [-0.15, -0.1) is 0 Å². The Morgan fingerprint density at radius 3 is 1.19 bits per heavy atom. The van der Waals surface area contributed by atoms with Gasteiger partial charge in [-0.05, 0) is 136 Å². The fraction of sp³-hybridized carbons (Fsp3) is 0.217. The van der Waals surface area contributed by atoms with Crippen molar-refractivity contribution in [3.8, 4) is 11.1 Å². The molecule has 12 heteroatoms. The maximum Gasteiger partial charge on any atom is 0.258 e. The van der Waals surface area contributed by atoms with Crippen molar-refractivity contribution >= 4 is 46.9 Å². The van der Waals surface area contributed by atoms with Gasteiger partial charge < -0.3 is 0 Å². The molecule has 0 nitrogen and oxygen atoms in total. The van der Waals surface area contributed by atoms with Crippen LogP contribution in [0.15, 0.2) is 60.7 Å². The van der Waals surface area contributed by atoms with Crippen molar-refractivity contribution in [2.75, 3.05) is 0 Å². The first kappa shape index (κ1) is 41.3. The zero-order valence-corrected chi connectivity index (χ0v) is 33.3. The first-order valence-electron chi connectivity index (χ1n) is 18.7. The van der Waals surface area contributed by atoms with E-state index in [1.165, 1.54) is 6.07 Å². The molecule has 0 N–H and O–H groups in total. The number of hydrogen-bond acceptors (Lipinski definition) is 0. The number of rotatable bonds is 7. The molecule has 6 aromatic rings. The van der Waals surface area contributed by atoms with E-state index in [-0.39, 0.29) is 10.8 Å². The second-order valence-corrected chi connectivity index (χ2v) is 17.1. The van der Waals surface area contributed by atoms with E-state index in [1.54, 1.807) is 30.3 Å². The zero-order valence-electron chi connectivity index (χ0n) is 32.4. The summed E-state index contributed by atoms with van der Waals surface area (Å²) in [5, 5.41) is 1.80. The Balaban J connectivity index is 1.81. The van der Waals surface area contributed by atoms with Gasteiger partial charge >= 0.3 is 0 Å². The van der Waals surface area contributed by atoms with Gasteiger partial charge in [0.2, 0.25) is 0 Å². The van der Waals surface area contributed by atoms with E-state index >= 15 is 35.1 Å². The van der Waals surface area contributed by atoms with Gasteiger partial charge in [-0.3, -0.25) is 0 Å². The van der Waals surface area contributed by atoms with E-state index in [0.29, 0.717) is 42.4 Å². The zero-order chi connectivity index (χ0) is 42.1. The van der Waals surface area contributed by atoms with Crippen molar-refractivity contribution in [2.24, 2.45) is 0 Å². The van der Waals surface area contributed by atoms with Crippen molar-refractivity contribution in [3.63, 3.8) is 0 Å². The number of hydrogen-bond donors (Lipinski definition) is 0. The molecule has 0 radical (unpaired) electrons. The van der Waals surface area contributed by atoms with Crippen LogP contribution in [0.25, 0.3) is 11.1 Å². The molecule has 0 atom stereocenters. The Bertz CT molecular complexity index is 2430. The quantitative estimate of drug-likeness (QED) is 0.0495. The van der Waals surface area contributed by atoms with Gasteiger partial charge in [0.15, 0.2) is 58.2 Å². The molecule has 0 fully saturated rings. The minimum atomic E-state index is -2.74. The molecule has 0 amide bonds. The monoisotopic (exact) mass is 820 g/mol. The van der Waals surface area contributed by atoms with Gasteiger partial charge in [0, 0.05) is 10.9 Å². The second kappa shape index (κ2) is 15.7. The summed E-state index contributed by atoms with van der Waals surface area (Å²) in [6.07, 6.45) is 2.12. The molecule has 0 aromatic heterocycles. The molecule has 0 unspecified atom stereocenters. The van der Waals surface area contributed by atoms with E-state index in [0.717, 1.165) is 49.6 Å². The maximum atomic E-state index is 16.4. The number of fused-ring (bicyclic) bond motifs is 1. The Morgan fingerprint density at radius 2 is 0.793 bits per heavy atom. The van der Waals surface area contributed by atoms with Crippen molar-refractivity contribution in [1.82, 2.24) is 0 Å². The molecule has 1 aliphatic carbocycles. The summed E-state index contributed by atoms with van der Waals surface area (Å²) in [5.41, 5.74) is 3.51. The number of halogens is 10. The number of aryl methyl sites for hydroxylation is 6. The van der Waals surface area contributed by atoms with Crippen LogP contribution in [0.3, 0.4) is 0 Å². The van der Waals surface area contributed by atoms with Crippen LogP contribution in [-0.2, 0) is 12.8 Å². The van der Waals surface area contributed by atoms with Crippen LogP contribution >= 0.6 is 7.92 Å². The Hall–Kier alpha value is -4.89. The van der Waals surface area contributed by atoms with Gasteiger partial charge in [-0.25, -0.2) is 43.9 Å². The summed E-state index contributed by atoms with van der Waals surface area (Å²) in [5.74, 6) is -24.7. The van der Waals surface area contributed by atoms with Crippen LogP contribution in [-0.4, -0.2) is 6.71 Å². The van der Waals surface area contributed by atoms with E-state index in [4.69, 9.17) is 0 Å². The predicted octanol–water partition coefficient (Wildman–Crippen LogP) is 9.75. The average molecular weight is 821 g/mol. The Labute approximate surface area is 331 Å². The van der Waals surface area contributed by atoms with Gasteiger partial charge in [-0.2, -0.15) is 0 Å². The Morgan fingerprint density at radius 1 is 0.431 bits per heavy atom. The van der Waals surface area contributed by atoms with Crippen molar-refractivity contribution in [1.29, 1.82) is 0 Å². The first-order chi connectivity index (χ1) is 27.5. The summed E-state index contributed by atoms with van der Waals surface area (Å²) in [6, 6.07) is 17.8. The highest BCUT2D eigenvalue weighted by Crippen LogP contribution is 2.43. The molecule has 0 saturated carbocycles. The van der Waals surface area contributed by atoms with Crippen LogP contribution < -0.4 is 32.3 Å². The van der Waals surface area contributed by atoms with Gasteiger partial charge in [0.25, 0.3) is 6.71 Å². The van der Waals surface area contributed by atoms with Crippen molar-refractivity contribution < 1.29 is 43.9 Å². The lowest BCUT2D eigenvalue weighted by molar-refractivity contribution is 0.382. The van der Waals surface area contributed by atoms with E-state index in [2.05, 4.69) is 0 Å². The third-order valence-electron chi connectivity index (χ3n) is 11.1. The lowest BCUT2D eigenvalue weighted by Gasteiger charge is -2.35. The predicted molar refractivity (Wildman–Crippen MR) is 213 cm³/mol. The molecule has 58 heavy (non-hydrogen) atoms. The fourth-order valence-electron chi connectivity index (χ4n) is 8.90. The lowest BCUT2D eigenvalue weighted by atomic mass is 9.35. The van der Waals surface area contributed by atoms with E-state index in [9.17, 15) is 8.78 Å². The molecule has 1 aliphatic rings. The lowest BCUT2D eigenvalue weighted by Crippen LogP contribution is -2.62. The highest BCUT2D eigenvalue weighted by atomic mass is 31.1. The summed E-state index contributed by atoms with van der Waals surface area (Å²) in [7, 11) is -1.98. The minimum absolute atomic E-state index is 0.285. The summed E-state index contributed by atoms with van der Waals surface area (Å²) >= 11 is 0. The smallest absolute Gasteiger partial charge is 0.204 e. The maximum absolute atomic E-state index is 16.4. The van der Waals surface area contributed by atoms with Gasteiger partial charge in [0.1, 0.15) is 0 Å². The second-order valence-electron chi connectivity index (χ2n) is 15.1. The molecule has 6 aromatic carbocycles. The average Bonchev–Trinajstić information content (AvgIpc) is 3.18. The summed E-state index contributed by atoms with van der Waals surface area (Å²) in [6.45, 7) is 8.57. The largest absolute Gasteiger partial charge is 0.258 e. The van der Waals surface area contributed by atoms with Crippen LogP contribution in [0.2, 0.25) is 0 Å². The molecule has 298 valence electrons. The SMILES string of the molecule is Cc1cc(C)c(P(c2c(C)cc(C)cc2C)c2c(B(c3c(F)c(F)c(F)c(F)c3F)c3c(F)c(F)c(F)c(F)c3F)cc(-c3ccccc3)c3c2CCCC3)c(C)c1. The molecule has 7 rings (SSSR count). The molecule has 0 bridgehead atoms. The van der Waals surface area contributed by atoms with Crippen molar-refractivity contribution in [2.45, 2.75) is 67.2 Å². The number of benzene rings is 6. The normalized spacial score (nSPS) is 12.7. The molecule has 0 aliphatic heterocycles. The first-order valence-corrected chi connectivity index (χ1v) is 20.0. The van der Waals surface area contributed by atoms with Crippen LogP contribution in [0.5, 0.6) is 0 Å². The summed E-state index contributed by atoms with van der Waals surface area (Å²) < 4.78 is 157. The topological polar surface area (TPSA) is 0 Å². The molecular formula is C46H36BF10P. The summed E-state index contributed by atoms with van der Waals surface area (Å²) in [4.78, 5) is 0. The van der Waals surface area contributed by atoms with E-state index in [1.807, 2.05) is 65.8 Å². The highest BCUT2D eigenvalue weighted by molar-refractivity contribution is 7.80. The Kier molecular flexibility index (Phi) is 11.2. The highest BCUT2D eigenvalue weighted by Gasteiger charge is 2.44.